The Hall–Kier alpha value is -2.20. The summed E-state index contributed by atoms with van der Waals surface area (Å²) < 4.78 is 2.06. The molecule has 2 aromatic heterocycles. The Morgan fingerprint density at radius 2 is 1.94 bits per heavy atom. The molecule has 2 heterocycles. The van der Waals surface area contributed by atoms with E-state index in [-0.39, 0.29) is 0 Å². The van der Waals surface area contributed by atoms with Gasteiger partial charge < -0.3 is 10.3 Å². The predicted octanol–water partition coefficient (Wildman–Crippen LogP) is 2.09. The first-order chi connectivity index (χ1) is 8.79. The first kappa shape index (κ1) is 10.9. The normalized spacial score (nSPS) is 11.0. The summed E-state index contributed by atoms with van der Waals surface area (Å²) in [4.78, 5) is 8.83. The molecule has 0 amide bonds. The zero-order valence-electron chi connectivity index (χ0n) is 10.2. The van der Waals surface area contributed by atoms with Crippen LogP contribution in [0.25, 0.3) is 22.6 Å². The zero-order chi connectivity index (χ0) is 12.5. The summed E-state index contributed by atoms with van der Waals surface area (Å²) in [5, 5.41) is 0. The lowest BCUT2D eigenvalue weighted by Crippen LogP contribution is -1.96. The van der Waals surface area contributed by atoms with Crippen molar-refractivity contribution >= 4 is 11.2 Å². The van der Waals surface area contributed by atoms with Crippen molar-refractivity contribution in [3.8, 4) is 11.4 Å². The fraction of sp³-hybridized carbons (Fsp3) is 0.143. The minimum atomic E-state index is 0.560. The average molecular weight is 238 g/mol. The SMILES string of the molecule is Cn1c(-c2ccc(CN)cc2)nc2ncccc21. The van der Waals surface area contributed by atoms with Gasteiger partial charge in [0.2, 0.25) is 0 Å². The Kier molecular flexibility index (Phi) is 2.57. The van der Waals surface area contributed by atoms with E-state index in [1.807, 2.05) is 43.4 Å². The van der Waals surface area contributed by atoms with Crippen LogP contribution < -0.4 is 5.73 Å². The molecule has 4 nitrogen and oxygen atoms in total. The molecule has 0 aliphatic rings. The summed E-state index contributed by atoms with van der Waals surface area (Å²) in [6, 6.07) is 12.1. The number of fused-ring (bicyclic) bond motifs is 1. The minimum Gasteiger partial charge on any atom is -0.326 e. The van der Waals surface area contributed by atoms with E-state index in [4.69, 9.17) is 5.73 Å². The molecule has 0 radical (unpaired) electrons. The Labute approximate surface area is 105 Å². The number of nitrogens with two attached hydrogens (primary N) is 1. The smallest absolute Gasteiger partial charge is 0.178 e. The van der Waals surface area contributed by atoms with Crippen LogP contribution in [0.5, 0.6) is 0 Å². The molecule has 0 aliphatic heterocycles. The molecule has 0 saturated carbocycles. The van der Waals surface area contributed by atoms with Crippen molar-refractivity contribution in [2.75, 3.05) is 0 Å². The van der Waals surface area contributed by atoms with E-state index in [9.17, 15) is 0 Å². The topological polar surface area (TPSA) is 56.7 Å². The van der Waals surface area contributed by atoms with Crippen molar-refractivity contribution in [2.24, 2.45) is 12.8 Å². The van der Waals surface area contributed by atoms with Crippen LogP contribution >= 0.6 is 0 Å². The van der Waals surface area contributed by atoms with Gasteiger partial charge in [-0.3, -0.25) is 0 Å². The van der Waals surface area contributed by atoms with E-state index >= 15 is 0 Å². The van der Waals surface area contributed by atoms with Crippen LogP contribution in [0.2, 0.25) is 0 Å². The number of imidazole rings is 1. The molecule has 0 saturated heterocycles. The van der Waals surface area contributed by atoms with Gasteiger partial charge >= 0.3 is 0 Å². The summed E-state index contributed by atoms with van der Waals surface area (Å²) in [5.41, 5.74) is 9.61. The van der Waals surface area contributed by atoms with Crippen LogP contribution in [0, 0.1) is 0 Å². The Balaban J connectivity index is 2.15. The molecule has 3 rings (SSSR count). The highest BCUT2D eigenvalue weighted by molar-refractivity contribution is 5.76. The number of pyridine rings is 1. The maximum atomic E-state index is 5.60. The summed E-state index contributed by atoms with van der Waals surface area (Å²) in [6.07, 6.45) is 1.76. The summed E-state index contributed by atoms with van der Waals surface area (Å²) in [6.45, 7) is 0.560. The second-order valence-corrected chi connectivity index (χ2v) is 4.24. The van der Waals surface area contributed by atoms with Gasteiger partial charge in [-0.25, -0.2) is 9.97 Å². The molecule has 0 unspecified atom stereocenters. The lowest BCUT2D eigenvalue weighted by atomic mass is 10.1. The Bertz CT molecular complexity index is 683. The summed E-state index contributed by atoms with van der Waals surface area (Å²) in [5.74, 6) is 0.923. The van der Waals surface area contributed by atoms with Crippen LogP contribution in [0.4, 0.5) is 0 Å². The molecular weight excluding hydrogens is 224 g/mol. The lowest BCUT2D eigenvalue weighted by molar-refractivity contribution is 0.958. The molecule has 1 aromatic carbocycles. The van der Waals surface area contributed by atoms with Crippen molar-refractivity contribution in [1.29, 1.82) is 0 Å². The van der Waals surface area contributed by atoms with Gasteiger partial charge in [0, 0.05) is 25.4 Å². The fourth-order valence-corrected chi connectivity index (χ4v) is 2.07. The quantitative estimate of drug-likeness (QED) is 0.743. The van der Waals surface area contributed by atoms with Crippen molar-refractivity contribution < 1.29 is 0 Å². The van der Waals surface area contributed by atoms with Crippen molar-refractivity contribution in [3.63, 3.8) is 0 Å². The molecule has 4 heteroatoms. The highest BCUT2D eigenvalue weighted by Crippen LogP contribution is 2.22. The Morgan fingerprint density at radius 3 is 2.61 bits per heavy atom. The summed E-state index contributed by atoms with van der Waals surface area (Å²) >= 11 is 0. The highest BCUT2D eigenvalue weighted by atomic mass is 15.1. The van der Waals surface area contributed by atoms with Crippen LogP contribution in [0.15, 0.2) is 42.6 Å². The maximum Gasteiger partial charge on any atom is 0.178 e. The second-order valence-electron chi connectivity index (χ2n) is 4.24. The van der Waals surface area contributed by atoms with Crippen LogP contribution in [-0.2, 0) is 13.6 Å². The number of aryl methyl sites for hydroxylation is 1. The van der Waals surface area contributed by atoms with E-state index in [0.717, 1.165) is 28.1 Å². The molecular formula is C14H14N4. The number of benzene rings is 1. The number of hydrogen-bond donors (Lipinski definition) is 1. The van der Waals surface area contributed by atoms with Gasteiger partial charge in [-0.1, -0.05) is 24.3 Å². The van der Waals surface area contributed by atoms with Gasteiger partial charge in [0.15, 0.2) is 5.65 Å². The standard InChI is InChI=1S/C14H14N4/c1-18-12-3-2-8-16-13(12)17-14(18)11-6-4-10(9-15)5-7-11/h2-8H,9,15H2,1H3. The first-order valence-electron chi connectivity index (χ1n) is 5.86. The van der Waals surface area contributed by atoms with Crippen LogP contribution in [0.1, 0.15) is 5.56 Å². The van der Waals surface area contributed by atoms with Crippen molar-refractivity contribution in [1.82, 2.24) is 14.5 Å². The molecule has 0 bridgehead atoms. The summed E-state index contributed by atoms with van der Waals surface area (Å²) in [7, 11) is 2.00. The molecule has 0 atom stereocenters. The Morgan fingerprint density at radius 1 is 1.17 bits per heavy atom. The van der Waals surface area contributed by atoms with Crippen LogP contribution in [-0.4, -0.2) is 14.5 Å². The van der Waals surface area contributed by atoms with E-state index in [2.05, 4.69) is 14.5 Å². The zero-order valence-corrected chi connectivity index (χ0v) is 10.2. The molecule has 0 fully saturated rings. The molecule has 0 aliphatic carbocycles. The predicted molar refractivity (Wildman–Crippen MR) is 71.8 cm³/mol. The van der Waals surface area contributed by atoms with Gasteiger partial charge in [0.05, 0.1) is 5.52 Å². The van der Waals surface area contributed by atoms with Gasteiger partial charge in [-0.05, 0) is 17.7 Å². The van der Waals surface area contributed by atoms with Crippen molar-refractivity contribution in [3.05, 3.63) is 48.2 Å². The van der Waals surface area contributed by atoms with E-state index in [1.54, 1.807) is 6.20 Å². The third-order valence-corrected chi connectivity index (χ3v) is 3.10. The van der Waals surface area contributed by atoms with E-state index < -0.39 is 0 Å². The number of rotatable bonds is 2. The van der Waals surface area contributed by atoms with E-state index in [1.165, 1.54) is 0 Å². The molecule has 0 spiro atoms. The lowest BCUT2D eigenvalue weighted by Gasteiger charge is -2.03. The minimum absolute atomic E-state index is 0.560. The monoisotopic (exact) mass is 238 g/mol. The van der Waals surface area contributed by atoms with Gasteiger partial charge in [0.1, 0.15) is 5.82 Å². The maximum absolute atomic E-state index is 5.60. The molecule has 90 valence electrons. The largest absolute Gasteiger partial charge is 0.326 e. The molecule has 2 N–H and O–H groups in total. The average Bonchev–Trinajstić information content (AvgIpc) is 2.77. The van der Waals surface area contributed by atoms with Gasteiger partial charge in [-0.2, -0.15) is 0 Å². The number of hydrogen-bond acceptors (Lipinski definition) is 3. The molecule has 18 heavy (non-hydrogen) atoms. The molecule has 3 aromatic rings. The third-order valence-electron chi connectivity index (χ3n) is 3.10. The van der Waals surface area contributed by atoms with Crippen molar-refractivity contribution in [2.45, 2.75) is 6.54 Å². The third kappa shape index (κ3) is 1.67. The number of aromatic nitrogens is 3. The van der Waals surface area contributed by atoms with Gasteiger partial charge in [0.25, 0.3) is 0 Å². The fourth-order valence-electron chi connectivity index (χ4n) is 2.07. The second kappa shape index (κ2) is 4.23. The number of nitrogens with zero attached hydrogens (tertiary/aromatic N) is 3. The first-order valence-corrected chi connectivity index (χ1v) is 5.86. The highest BCUT2D eigenvalue weighted by Gasteiger charge is 2.09. The van der Waals surface area contributed by atoms with Gasteiger partial charge in [-0.15, -0.1) is 0 Å². The van der Waals surface area contributed by atoms with Crippen LogP contribution in [0.3, 0.4) is 0 Å². The van der Waals surface area contributed by atoms with E-state index in [0.29, 0.717) is 6.54 Å².